The smallest absolute Gasteiger partial charge is 0.179 e. The summed E-state index contributed by atoms with van der Waals surface area (Å²) in [5.41, 5.74) is 9.43. The van der Waals surface area contributed by atoms with E-state index in [1.54, 1.807) is 0 Å². The topological polar surface area (TPSA) is 27.1 Å². The minimum Gasteiger partial charge on any atom is -0.509 e. The molecule has 6 heteroatoms. The molecule has 0 aliphatic carbocycles. The number of aromatic nitrogens is 2. The van der Waals surface area contributed by atoms with E-state index in [-0.39, 0.29) is 26.5 Å². The zero-order valence-electron chi connectivity index (χ0n) is 27.3. The molecule has 0 spiro atoms. The average Bonchev–Trinajstić information content (AvgIpc) is 3.63. The normalized spacial score (nSPS) is 19.5. The van der Waals surface area contributed by atoms with Gasteiger partial charge in [-0.25, -0.2) is 4.98 Å². The fourth-order valence-electron chi connectivity index (χ4n) is 7.53. The van der Waals surface area contributed by atoms with E-state index in [0.717, 1.165) is 55.6 Å². The van der Waals surface area contributed by atoms with Gasteiger partial charge >= 0.3 is 0 Å². The van der Waals surface area contributed by atoms with E-state index in [1.165, 1.54) is 16.9 Å². The van der Waals surface area contributed by atoms with Crippen molar-refractivity contribution >= 4 is 38.9 Å². The minimum atomic E-state index is 0. The summed E-state index contributed by atoms with van der Waals surface area (Å²) in [4.78, 5) is 4.68. The summed E-state index contributed by atoms with van der Waals surface area (Å²) < 4.78 is 10.3. The van der Waals surface area contributed by atoms with Crippen LogP contribution in [0.15, 0.2) is 121 Å². The summed E-state index contributed by atoms with van der Waals surface area (Å²) in [7, 11) is 2.30. The van der Waals surface area contributed by atoms with Gasteiger partial charge in [-0.2, -0.15) is 6.07 Å². The van der Waals surface area contributed by atoms with Gasteiger partial charge < -0.3 is 18.3 Å². The molecule has 2 bridgehead atoms. The SMILES string of the molecule is CC(C)(C)c1ccc2c(c1)[N@@+]1(C)[CH-][N@+]2(c2[c-]c(Oc3[c-]c4c(cc3)c3ccccc3n4-c3ccccn3)cc(-c3ccccc3)c2)C1.[Pt]. The second-order valence-electron chi connectivity index (χ2n) is 14.1. The van der Waals surface area contributed by atoms with E-state index in [4.69, 9.17) is 4.74 Å². The molecule has 3 aliphatic heterocycles. The van der Waals surface area contributed by atoms with Gasteiger partial charge in [0.05, 0.1) is 13.7 Å². The predicted octanol–water partition coefficient (Wildman–Crippen LogP) is 10.2. The van der Waals surface area contributed by atoms with Crippen molar-refractivity contribution in [2.75, 3.05) is 13.7 Å². The van der Waals surface area contributed by atoms with Crippen LogP contribution in [0.1, 0.15) is 26.3 Å². The molecule has 5 heterocycles. The number of benzene rings is 5. The number of hydrogen-bond donors (Lipinski definition) is 0. The van der Waals surface area contributed by atoms with Crippen molar-refractivity contribution in [2.24, 2.45) is 0 Å². The van der Waals surface area contributed by atoms with Crippen LogP contribution in [-0.2, 0) is 26.5 Å². The van der Waals surface area contributed by atoms with Crippen LogP contribution in [0.3, 0.4) is 0 Å². The Bertz CT molecular complexity index is 2330. The van der Waals surface area contributed by atoms with Crippen LogP contribution in [0.2, 0.25) is 0 Å². The summed E-state index contributed by atoms with van der Waals surface area (Å²) >= 11 is 0. The van der Waals surface area contributed by atoms with Crippen LogP contribution in [0, 0.1) is 18.8 Å². The molecule has 3 aliphatic rings. The number of quaternary nitrogens is 2. The summed E-state index contributed by atoms with van der Waals surface area (Å²) in [6.45, 7) is 10.2. The molecule has 48 heavy (non-hydrogen) atoms. The zero-order chi connectivity index (χ0) is 32.0. The molecule has 240 valence electrons. The number of para-hydroxylation sites is 1. The molecule has 0 N–H and O–H groups in total. The van der Waals surface area contributed by atoms with Crippen molar-refractivity contribution in [1.29, 1.82) is 0 Å². The Kier molecular flexibility index (Phi) is 7.05. The molecule has 2 aromatic heterocycles. The first-order valence-electron chi connectivity index (χ1n) is 16.2. The first kappa shape index (κ1) is 30.8. The Balaban J connectivity index is 0.00000336. The largest absolute Gasteiger partial charge is 0.509 e. The second-order valence-corrected chi connectivity index (χ2v) is 14.1. The molecule has 7 aromatic rings. The molecule has 5 aromatic carbocycles. The van der Waals surface area contributed by atoms with Crippen LogP contribution < -0.4 is 13.7 Å². The van der Waals surface area contributed by atoms with Crippen LogP contribution in [0.4, 0.5) is 17.1 Å². The molecule has 0 unspecified atom stereocenters. The number of ether oxygens (including phenoxy) is 1. The Morgan fingerprint density at radius 3 is 2.29 bits per heavy atom. The molecule has 1 saturated heterocycles. The van der Waals surface area contributed by atoms with Crippen molar-refractivity contribution < 1.29 is 25.8 Å². The maximum atomic E-state index is 6.70. The van der Waals surface area contributed by atoms with Crippen LogP contribution in [-0.4, -0.2) is 23.3 Å². The fraction of sp³-hybridized carbons (Fsp3) is 0.143. The van der Waals surface area contributed by atoms with E-state index in [0.29, 0.717) is 16.0 Å². The number of rotatable bonds is 5. The molecule has 10 rings (SSSR count). The maximum Gasteiger partial charge on any atom is 0.179 e. The second kappa shape index (κ2) is 11.0. The Hall–Kier alpha value is -4.54. The first-order chi connectivity index (χ1) is 22.7. The minimum absolute atomic E-state index is 0. The summed E-state index contributed by atoms with van der Waals surface area (Å²) in [5, 5.41) is 2.26. The van der Waals surface area contributed by atoms with Gasteiger partial charge in [0.2, 0.25) is 0 Å². The van der Waals surface area contributed by atoms with Crippen LogP contribution in [0.25, 0.3) is 38.8 Å². The van der Waals surface area contributed by atoms with Gasteiger partial charge in [-0.15, -0.1) is 35.2 Å². The van der Waals surface area contributed by atoms with Gasteiger partial charge in [0.15, 0.2) is 18.0 Å². The monoisotopic (exact) mass is 806 g/mol. The predicted molar refractivity (Wildman–Crippen MR) is 192 cm³/mol. The van der Waals surface area contributed by atoms with Crippen LogP contribution >= 0.6 is 0 Å². The third-order valence-electron chi connectivity index (χ3n) is 9.81. The van der Waals surface area contributed by atoms with Crippen molar-refractivity contribution in [1.82, 2.24) is 18.5 Å². The fourth-order valence-corrected chi connectivity index (χ4v) is 7.53. The maximum absolute atomic E-state index is 6.70. The van der Waals surface area contributed by atoms with E-state index in [9.17, 15) is 0 Å². The molecule has 0 amide bonds. The molecular formula is C42H35N4OPt-. The van der Waals surface area contributed by atoms with E-state index >= 15 is 0 Å². The van der Waals surface area contributed by atoms with Gasteiger partial charge in [0, 0.05) is 62.1 Å². The number of pyridine rings is 1. The third kappa shape index (κ3) is 4.68. The first-order valence-corrected chi connectivity index (χ1v) is 16.2. The zero-order valence-corrected chi connectivity index (χ0v) is 29.6. The summed E-state index contributed by atoms with van der Waals surface area (Å²) in [6, 6.07) is 47.8. The van der Waals surface area contributed by atoms with Gasteiger partial charge in [-0.1, -0.05) is 93.0 Å². The molecule has 1 fully saturated rings. The van der Waals surface area contributed by atoms with Gasteiger partial charge in [0.25, 0.3) is 0 Å². The Labute approximate surface area is 296 Å². The van der Waals surface area contributed by atoms with E-state index < -0.39 is 0 Å². The molecule has 0 radical (unpaired) electrons. The van der Waals surface area contributed by atoms with Crippen molar-refractivity contribution in [3.8, 4) is 28.4 Å². The molecule has 2 atom stereocenters. The van der Waals surface area contributed by atoms with Gasteiger partial charge in [-0.05, 0) is 40.1 Å². The van der Waals surface area contributed by atoms with Gasteiger partial charge in [-0.3, -0.25) is 0 Å². The summed E-state index contributed by atoms with van der Waals surface area (Å²) in [5.74, 6) is 2.15. The quantitative estimate of drug-likeness (QED) is 0.128. The Morgan fingerprint density at radius 1 is 0.750 bits per heavy atom. The number of nitrogens with zero attached hydrogens (tertiary/aromatic N) is 4. The standard InChI is InChI=1S/C42H35N4O.Pt/c1-42(2,3)31-17-20-39-40(24-31)45(4)27-46(39,28-45)32-22-30(29-12-6-5-7-13-29)23-34(25-32)47-33-18-19-36-35-14-8-9-15-37(35)44(38(36)26-33)41-16-10-11-21-43-41;/h5-24,27H,28H2,1-4H3;/q-1;/t45-,46+;/m0./s1. The molecule has 0 saturated carbocycles. The Morgan fingerprint density at radius 2 is 1.52 bits per heavy atom. The number of fused-ring (bicyclic) bond motifs is 3. The van der Waals surface area contributed by atoms with E-state index in [1.807, 2.05) is 30.5 Å². The average molecular weight is 807 g/mol. The molecule has 5 nitrogen and oxygen atoms in total. The number of hydrogen-bond acceptors (Lipinski definition) is 2. The van der Waals surface area contributed by atoms with Gasteiger partial charge in [0.1, 0.15) is 5.82 Å². The van der Waals surface area contributed by atoms with Crippen LogP contribution in [0.5, 0.6) is 11.5 Å². The summed E-state index contributed by atoms with van der Waals surface area (Å²) in [6.07, 6.45) is 1.83. The molecular weight excluding hydrogens is 772 g/mol. The third-order valence-corrected chi connectivity index (χ3v) is 9.81. The van der Waals surface area contributed by atoms with Crippen molar-refractivity contribution in [2.45, 2.75) is 26.2 Å². The van der Waals surface area contributed by atoms with Crippen molar-refractivity contribution in [3.63, 3.8) is 0 Å². The van der Waals surface area contributed by atoms with Crippen molar-refractivity contribution in [3.05, 3.63) is 146 Å². The van der Waals surface area contributed by atoms with E-state index in [2.05, 4.69) is 147 Å².